The van der Waals surface area contributed by atoms with Gasteiger partial charge in [0.15, 0.2) is 0 Å². The summed E-state index contributed by atoms with van der Waals surface area (Å²) in [6, 6.07) is 0. The van der Waals surface area contributed by atoms with E-state index in [4.69, 9.17) is 4.55 Å². The molecule has 24 heavy (non-hydrogen) atoms. The van der Waals surface area contributed by atoms with E-state index in [1.165, 1.54) is 12.8 Å². The van der Waals surface area contributed by atoms with Crippen LogP contribution in [-0.4, -0.2) is 97.8 Å². The van der Waals surface area contributed by atoms with Crippen molar-refractivity contribution in [3.63, 3.8) is 0 Å². The van der Waals surface area contributed by atoms with E-state index in [2.05, 4.69) is 18.9 Å². The number of quaternary nitrogens is 1. The van der Waals surface area contributed by atoms with Crippen molar-refractivity contribution in [3.05, 3.63) is 0 Å². The fourth-order valence-electron chi connectivity index (χ4n) is 2.80. The van der Waals surface area contributed by atoms with Crippen LogP contribution in [0.1, 0.15) is 39.0 Å². The molecule has 0 amide bonds. The number of aliphatic hydroxyl groups is 2. The summed E-state index contributed by atoms with van der Waals surface area (Å²) in [5.74, 6) is -0.213. The average Bonchev–Trinajstić information content (AvgIpc) is 2.48. The summed E-state index contributed by atoms with van der Waals surface area (Å²) >= 11 is 0. The molecule has 0 saturated heterocycles. The van der Waals surface area contributed by atoms with Gasteiger partial charge in [0.2, 0.25) is 0 Å². The first-order chi connectivity index (χ1) is 11.3. The van der Waals surface area contributed by atoms with Gasteiger partial charge in [0.05, 0.1) is 39.1 Å². The number of hydrogen-bond acceptors (Lipinski definition) is 5. The van der Waals surface area contributed by atoms with E-state index in [1.54, 1.807) is 0 Å². The van der Waals surface area contributed by atoms with Crippen molar-refractivity contribution in [1.82, 2.24) is 4.90 Å². The van der Waals surface area contributed by atoms with Crippen molar-refractivity contribution in [2.45, 2.75) is 39.0 Å². The monoisotopic (exact) mass is 369 g/mol. The molecule has 0 aliphatic carbocycles. The van der Waals surface area contributed by atoms with Crippen LogP contribution < -0.4 is 0 Å². The molecular weight excluding hydrogens is 332 g/mol. The maximum absolute atomic E-state index is 10.7. The predicted molar refractivity (Wildman–Crippen MR) is 96.6 cm³/mol. The summed E-state index contributed by atoms with van der Waals surface area (Å²) in [5, 5.41) is 18.5. The van der Waals surface area contributed by atoms with Crippen molar-refractivity contribution in [3.8, 4) is 0 Å². The highest BCUT2D eigenvalue weighted by atomic mass is 32.2. The van der Waals surface area contributed by atoms with E-state index in [1.807, 2.05) is 0 Å². The Bertz CT molecular complexity index is 405. The Kier molecular flexibility index (Phi) is 12.9. The Morgan fingerprint density at radius 3 is 2.12 bits per heavy atom. The molecule has 3 N–H and O–H groups in total. The van der Waals surface area contributed by atoms with Crippen LogP contribution >= 0.6 is 0 Å². The van der Waals surface area contributed by atoms with E-state index in [0.717, 1.165) is 37.1 Å². The lowest BCUT2D eigenvalue weighted by Crippen LogP contribution is -2.51. The molecule has 146 valence electrons. The fourth-order valence-corrected chi connectivity index (χ4v) is 3.37. The first kappa shape index (κ1) is 23.8. The topological polar surface area (TPSA) is 98.1 Å². The first-order valence-corrected chi connectivity index (χ1v) is 10.6. The van der Waals surface area contributed by atoms with Crippen LogP contribution in [-0.2, 0) is 10.1 Å². The third-order valence-corrected chi connectivity index (χ3v) is 5.24. The lowest BCUT2D eigenvalue weighted by molar-refractivity contribution is -0.909. The van der Waals surface area contributed by atoms with Gasteiger partial charge in [-0.1, -0.05) is 13.3 Å². The number of hydrogen-bond donors (Lipinski definition) is 3. The number of aliphatic hydroxyl groups excluding tert-OH is 2. The first-order valence-electron chi connectivity index (χ1n) is 8.99. The largest absolute Gasteiger partial charge is 0.395 e. The van der Waals surface area contributed by atoms with Crippen molar-refractivity contribution in [1.29, 1.82) is 0 Å². The van der Waals surface area contributed by atoms with Gasteiger partial charge in [-0.15, -0.1) is 0 Å². The molecule has 0 radical (unpaired) electrons. The second-order valence-electron chi connectivity index (χ2n) is 6.78. The standard InChI is InChI=1S/C16H36N2O5S/c1-3-4-6-11-18(2,13-15-20)12-9-17(10-14-19)8-5-7-16-24(21,22)23/h19-20H,3-16H2,1-2H3/p+1. The number of nitrogens with zero attached hydrogens (tertiary/aromatic N) is 2. The summed E-state index contributed by atoms with van der Waals surface area (Å²) in [6.07, 6.45) is 4.58. The smallest absolute Gasteiger partial charge is 0.264 e. The molecule has 0 heterocycles. The molecule has 0 aliphatic rings. The van der Waals surface area contributed by atoms with Crippen molar-refractivity contribution < 1.29 is 27.7 Å². The molecule has 0 aromatic heterocycles. The molecule has 0 spiro atoms. The summed E-state index contributed by atoms with van der Waals surface area (Å²) in [4.78, 5) is 2.12. The second-order valence-corrected chi connectivity index (χ2v) is 8.35. The van der Waals surface area contributed by atoms with Crippen LogP contribution in [0.15, 0.2) is 0 Å². The lowest BCUT2D eigenvalue weighted by Gasteiger charge is -2.36. The van der Waals surface area contributed by atoms with Gasteiger partial charge in [-0.3, -0.25) is 9.45 Å². The third kappa shape index (κ3) is 13.1. The van der Waals surface area contributed by atoms with Gasteiger partial charge < -0.3 is 14.7 Å². The number of unbranched alkanes of at least 4 members (excludes halogenated alkanes) is 3. The molecule has 0 fully saturated rings. The summed E-state index contributed by atoms with van der Waals surface area (Å²) in [6.45, 7) is 7.10. The van der Waals surface area contributed by atoms with Crippen molar-refractivity contribution >= 4 is 10.1 Å². The molecular formula is C16H37N2O5S+. The van der Waals surface area contributed by atoms with Gasteiger partial charge in [-0.25, -0.2) is 0 Å². The van der Waals surface area contributed by atoms with Crippen LogP contribution in [0.5, 0.6) is 0 Å². The van der Waals surface area contributed by atoms with Gasteiger partial charge in [-0.05, 0) is 32.2 Å². The van der Waals surface area contributed by atoms with Crippen LogP contribution in [0.4, 0.5) is 0 Å². The summed E-state index contributed by atoms with van der Waals surface area (Å²) in [5.41, 5.74) is 0. The molecule has 0 rings (SSSR count). The fraction of sp³-hybridized carbons (Fsp3) is 1.00. The van der Waals surface area contributed by atoms with Crippen LogP contribution in [0.3, 0.4) is 0 Å². The lowest BCUT2D eigenvalue weighted by atomic mass is 10.2. The Balaban J connectivity index is 4.34. The molecule has 0 aromatic rings. The molecule has 8 heteroatoms. The molecule has 7 nitrogen and oxygen atoms in total. The van der Waals surface area contributed by atoms with Crippen molar-refractivity contribution in [2.75, 3.05) is 65.3 Å². The van der Waals surface area contributed by atoms with Gasteiger partial charge in [-0.2, -0.15) is 8.42 Å². The average molecular weight is 370 g/mol. The predicted octanol–water partition coefficient (Wildman–Crippen LogP) is 0.578. The second kappa shape index (κ2) is 13.0. The number of rotatable bonds is 16. The zero-order valence-electron chi connectivity index (χ0n) is 15.4. The van der Waals surface area contributed by atoms with E-state index >= 15 is 0 Å². The van der Waals surface area contributed by atoms with Gasteiger partial charge in [0.1, 0.15) is 6.54 Å². The summed E-state index contributed by atoms with van der Waals surface area (Å²) < 4.78 is 31.0. The van der Waals surface area contributed by atoms with Gasteiger partial charge >= 0.3 is 0 Å². The highest BCUT2D eigenvalue weighted by Crippen LogP contribution is 2.08. The van der Waals surface area contributed by atoms with E-state index in [9.17, 15) is 18.6 Å². The molecule has 0 saturated carbocycles. The van der Waals surface area contributed by atoms with Gasteiger partial charge in [0.25, 0.3) is 10.1 Å². The zero-order valence-corrected chi connectivity index (χ0v) is 16.2. The third-order valence-electron chi connectivity index (χ3n) is 4.44. The molecule has 0 aromatic carbocycles. The minimum atomic E-state index is -3.89. The highest BCUT2D eigenvalue weighted by Gasteiger charge is 2.21. The molecule has 0 bridgehead atoms. The van der Waals surface area contributed by atoms with E-state index in [0.29, 0.717) is 25.9 Å². The Morgan fingerprint density at radius 2 is 1.58 bits per heavy atom. The Labute approximate surface area is 147 Å². The zero-order chi connectivity index (χ0) is 18.5. The molecule has 1 atom stereocenters. The number of likely N-dealkylation sites (N-methyl/N-ethyl adjacent to an activating group) is 1. The van der Waals surface area contributed by atoms with E-state index < -0.39 is 10.1 Å². The molecule has 0 aliphatic heterocycles. The van der Waals surface area contributed by atoms with Crippen LogP contribution in [0, 0.1) is 0 Å². The highest BCUT2D eigenvalue weighted by molar-refractivity contribution is 7.85. The summed E-state index contributed by atoms with van der Waals surface area (Å²) in [7, 11) is -1.73. The van der Waals surface area contributed by atoms with Gasteiger partial charge in [0, 0.05) is 13.1 Å². The minimum Gasteiger partial charge on any atom is -0.395 e. The molecule has 1 unspecified atom stereocenters. The van der Waals surface area contributed by atoms with Crippen LogP contribution in [0.2, 0.25) is 0 Å². The quantitative estimate of drug-likeness (QED) is 0.209. The SMILES string of the molecule is CCCCC[N+](C)(CCO)CCN(CCO)CCCCS(=O)(=O)O. The Hall–Kier alpha value is -0.250. The van der Waals surface area contributed by atoms with Crippen molar-refractivity contribution in [2.24, 2.45) is 0 Å². The van der Waals surface area contributed by atoms with E-state index in [-0.39, 0.29) is 19.0 Å². The normalized spacial score (nSPS) is 14.9. The van der Waals surface area contributed by atoms with Crippen LogP contribution in [0.25, 0.3) is 0 Å². The maximum atomic E-state index is 10.7. The Morgan fingerprint density at radius 1 is 0.875 bits per heavy atom. The minimum absolute atomic E-state index is 0.0673. The maximum Gasteiger partial charge on any atom is 0.264 e.